The second-order valence-electron chi connectivity index (χ2n) is 9.61. The van der Waals surface area contributed by atoms with Crippen LogP contribution in [-0.4, -0.2) is 12.8 Å². The molecule has 0 aromatic heterocycles. The summed E-state index contributed by atoms with van der Waals surface area (Å²) in [5.74, 6) is 2.95. The molecule has 2 saturated carbocycles. The van der Waals surface area contributed by atoms with Gasteiger partial charge in [-0.25, -0.2) is 8.78 Å². The molecule has 3 heteroatoms. The molecule has 29 heavy (non-hydrogen) atoms. The predicted molar refractivity (Wildman–Crippen MR) is 117 cm³/mol. The van der Waals surface area contributed by atoms with Crippen LogP contribution in [-0.2, 0) is 4.74 Å². The number of hydrogen-bond donors (Lipinski definition) is 0. The van der Waals surface area contributed by atoms with Crippen LogP contribution >= 0.6 is 0 Å². The molecule has 0 radical (unpaired) electrons. The first kappa shape index (κ1) is 22.6. The molecule has 2 atom stereocenters. The summed E-state index contributed by atoms with van der Waals surface area (Å²) in [4.78, 5) is 0. The molecule has 0 aromatic rings. The summed E-state index contributed by atoms with van der Waals surface area (Å²) in [6.45, 7) is 6.61. The molecule has 0 bridgehead atoms. The molecule has 0 heterocycles. The van der Waals surface area contributed by atoms with Crippen LogP contribution in [0.4, 0.5) is 8.78 Å². The van der Waals surface area contributed by atoms with Gasteiger partial charge in [-0.15, -0.1) is 0 Å². The number of hydrogen-bond acceptors (Lipinski definition) is 1. The normalized spacial score (nSPS) is 35.8. The van der Waals surface area contributed by atoms with Crippen molar-refractivity contribution in [2.75, 3.05) is 6.61 Å². The molecule has 2 fully saturated rings. The van der Waals surface area contributed by atoms with Gasteiger partial charge in [0.05, 0.1) is 6.61 Å². The van der Waals surface area contributed by atoms with Gasteiger partial charge in [-0.3, -0.25) is 0 Å². The molecule has 0 aromatic carbocycles. The number of allylic oxidation sites excluding steroid dienone is 5. The zero-order valence-corrected chi connectivity index (χ0v) is 18.6. The van der Waals surface area contributed by atoms with E-state index in [0.717, 1.165) is 17.8 Å². The van der Waals surface area contributed by atoms with Crippen molar-refractivity contribution in [1.82, 2.24) is 0 Å². The first-order chi connectivity index (χ1) is 14.0. The summed E-state index contributed by atoms with van der Waals surface area (Å²) < 4.78 is 33.9. The van der Waals surface area contributed by atoms with Crippen molar-refractivity contribution in [2.45, 2.75) is 91.2 Å². The van der Waals surface area contributed by atoms with Crippen LogP contribution in [0.1, 0.15) is 85.0 Å². The van der Waals surface area contributed by atoms with Crippen molar-refractivity contribution in [3.05, 3.63) is 35.4 Å². The van der Waals surface area contributed by atoms with Crippen LogP contribution in [0.15, 0.2) is 35.4 Å². The van der Waals surface area contributed by atoms with E-state index in [2.05, 4.69) is 13.8 Å². The maximum absolute atomic E-state index is 14.5. The first-order valence-corrected chi connectivity index (χ1v) is 12.1. The van der Waals surface area contributed by atoms with Gasteiger partial charge < -0.3 is 4.74 Å². The lowest BCUT2D eigenvalue weighted by Crippen LogP contribution is -2.27. The Morgan fingerprint density at radius 1 is 1.00 bits per heavy atom. The van der Waals surface area contributed by atoms with Crippen LogP contribution in [0, 0.1) is 29.6 Å². The summed E-state index contributed by atoms with van der Waals surface area (Å²) in [5, 5.41) is 0. The molecular formula is C26H40F2O. The highest BCUT2D eigenvalue weighted by molar-refractivity contribution is 5.40. The topological polar surface area (TPSA) is 9.23 Å². The molecule has 3 aliphatic carbocycles. The Bertz CT molecular complexity index is 604. The van der Waals surface area contributed by atoms with Crippen LogP contribution in [0.3, 0.4) is 0 Å². The van der Waals surface area contributed by atoms with Gasteiger partial charge in [-0.2, -0.15) is 0 Å². The average Bonchev–Trinajstić information content (AvgIpc) is 2.74. The summed E-state index contributed by atoms with van der Waals surface area (Å²) >= 11 is 0. The quantitative estimate of drug-likeness (QED) is 0.415. The standard InChI is InChI=1S/C26H40F2O/c1-4-6-19-7-9-21(10-8-19)22-13-11-20(12-14-22)18(3)17-23-15-16-24(29-5-2)26(28)25(23)27/h15-22,25H,4-14H2,1-3H3/b23-17-. The number of ether oxygens (including phenoxy) is 1. The molecule has 2 unspecified atom stereocenters. The SMILES string of the molecule is CCCC1CCC(C2CCC(C(C)/C=C3/C=CC(OCC)=C(F)C3F)CC2)CC1. The fourth-order valence-corrected chi connectivity index (χ4v) is 5.96. The van der Waals surface area contributed by atoms with E-state index in [9.17, 15) is 8.78 Å². The third-order valence-corrected chi connectivity index (χ3v) is 7.75. The molecule has 0 aliphatic heterocycles. The third kappa shape index (κ3) is 5.73. The van der Waals surface area contributed by atoms with Gasteiger partial charge in [0.1, 0.15) is 0 Å². The summed E-state index contributed by atoms with van der Waals surface area (Å²) in [7, 11) is 0. The van der Waals surface area contributed by atoms with E-state index < -0.39 is 12.0 Å². The van der Waals surface area contributed by atoms with E-state index in [4.69, 9.17) is 4.74 Å². The second-order valence-corrected chi connectivity index (χ2v) is 9.61. The number of rotatable bonds is 7. The second kappa shape index (κ2) is 10.8. The fourth-order valence-electron chi connectivity index (χ4n) is 5.96. The zero-order chi connectivity index (χ0) is 20.8. The molecule has 0 N–H and O–H groups in total. The highest BCUT2D eigenvalue weighted by atomic mass is 19.2. The largest absolute Gasteiger partial charge is 0.491 e. The Labute approximate surface area is 176 Å². The van der Waals surface area contributed by atoms with E-state index in [0.29, 0.717) is 18.1 Å². The highest BCUT2D eigenvalue weighted by Gasteiger charge is 2.32. The molecular weight excluding hydrogens is 366 g/mol. The van der Waals surface area contributed by atoms with Gasteiger partial charge in [0.15, 0.2) is 17.8 Å². The Hall–Kier alpha value is -1.12. The van der Waals surface area contributed by atoms with Gasteiger partial charge in [0, 0.05) is 0 Å². The minimum atomic E-state index is -1.68. The van der Waals surface area contributed by atoms with E-state index in [1.54, 1.807) is 19.1 Å². The summed E-state index contributed by atoms with van der Waals surface area (Å²) in [5.41, 5.74) is 0.454. The Kier molecular flexibility index (Phi) is 8.38. The average molecular weight is 407 g/mol. The fraction of sp³-hybridized carbons (Fsp3) is 0.769. The van der Waals surface area contributed by atoms with E-state index in [-0.39, 0.29) is 11.7 Å². The first-order valence-electron chi connectivity index (χ1n) is 12.1. The highest BCUT2D eigenvalue weighted by Crippen LogP contribution is 2.44. The molecule has 3 aliphatic rings. The molecule has 0 saturated heterocycles. The van der Waals surface area contributed by atoms with Crippen molar-refractivity contribution in [3.8, 4) is 0 Å². The molecule has 164 valence electrons. The molecule has 1 nitrogen and oxygen atoms in total. The third-order valence-electron chi connectivity index (χ3n) is 7.75. The van der Waals surface area contributed by atoms with E-state index in [1.165, 1.54) is 64.2 Å². The smallest absolute Gasteiger partial charge is 0.180 e. The monoisotopic (exact) mass is 406 g/mol. The molecule has 3 rings (SSSR count). The van der Waals surface area contributed by atoms with Crippen molar-refractivity contribution in [2.24, 2.45) is 29.6 Å². The summed E-state index contributed by atoms with van der Waals surface area (Å²) in [6, 6.07) is 0. The van der Waals surface area contributed by atoms with Gasteiger partial charge in [-0.05, 0) is 86.7 Å². The lowest BCUT2D eigenvalue weighted by molar-refractivity contribution is 0.133. The van der Waals surface area contributed by atoms with Crippen LogP contribution < -0.4 is 0 Å². The van der Waals surface area contributed by atoms with Gasteiger partial charge >= 0.3 is 0 Å². The summed E-state index contributed by atoms with van der Waals surface area (Å²) in [6.07, 6.45) is 17.1. The van der Waals surface area contributed by atoms with E-state index in [1.807, 2.05) is 6.08 Å². The molecule has 0 amide bonds. The molecule has 0 spiro atoms. The minimum absolute atomic E-state index is 0.0407. The maximum Gasteiger partial charge on any atom is 0.180 e. The van der Waals surface area contributed by atoms with Crippen molar-refractivity contribution < 1.29 is 13.5 Å². The lowest BCUT2D eigenvalue weighted by Gasteiger charge is -2.39. The Balaban J connectivity index is 1.49. The minimum Gasteiger partial charge on any atom is -0.491 e. The van der Waals surface area contributed by atoms with Crippen LogP contribution in [0.25, 0.3) is 0 Å². The van der Waals surface area contributed by atoms with Crippen LogP contribution in [0.2, 0.25) is 0 Å². The zero-order valence-electron chi connectivity index (χ0n) is 18.6. The van der Waals surface area contributed by atoms with Gasteiger partial charge in [-0.1, -0.05) is 51.7 Å². The van der Waals surface area contributed by atoms with Crippen molar-refractivity contribution >= 4 is 0 Å². The Morgan fingerprint density at radius 2 is 1.62 bits per heavy atom. The Morgan fingerprint density at radius 3 is 2.21 bits per heavy atom. The van der Waals surface area contributed by atoms with Crippen molar-refractivity contribution in [1.29, 1.82) is 0 Å². The maximum atomic E-state index is 14.5. The number of halogens is 2. The lowest BCUT2D eigenvalue weighted by atomic mass is 9.67. The van der Waals surface area contributed by atoms with E-state index >= 15 is 0 Å². The number of alkyl halides is 1. The van der Waals surface area contributed by atoms with Gasteiger partial charge in [0.25, 0.3) is 0 Å². The van der Waals surface area contributed by atoms with Gasteiger partial charge in [0.2, 0.25) is 0 Å². The van der Waals surface area contributed by atoms with Crippen LogP contribution in [0.5, 0.6) is 0 Å². The van der Waals surface area contributed by atoms with Crippen molar-refractivity contribution in [3.63, 3.8) is 0 Å². The predicted octanol–water partition coefficient (Wildman–Crippen LogP) is 8.09.